The van der Waals surface area contributed by atoms with Crippen molar-refractivity contribution in [3.05, 3.63) is 36.2 Å². The van der Waals surface area contributed by atoms with Crippen LogP contribution in [0.4, 0.5) is 0 Å². The molecule has 0 spiro atoms. The molecule has 2 heteroatoms. The number of aliphatic hydroxyl groups excluding tert-OH is 1. The molecule has 0 amide bonds. The maximum atomic E-state index is 10.1. The van der Waals surface area contributed by atoms with E-state index in [1.807, 2.05) is 6.08 Å². The van der Waals surface area contributed by atoms with Crippen molar-refractivity contribution in [1.29, 1.82) is 0 Å². The topological polar surface area (TPSA) is 25.2 Å². The zero-order valence-corrected chi connectivity index (χ0v) is 10.2. The lowest BCUT2D eigenvalue weighted by atomic mass is 9.75. The van der Waals surface area contributed by atoms with E-state index >= 15 is 0 Å². The number of aliphatic hydroxyl groups is 1. The summed E-state index contributed by atoms with van der Waals surface area (Å²) < 4.78 is 2.27. The summed E-state index contributed by atoms with van der Waals surface area (Å²) in [6.07, 6.45) is 6.66. The fraction of sp³-hybridized carbons (Fsp3) is 0.571. The monoisotopic (exact) mass is 219 g/mol. The molecule has 0 aliphatic heterocycles. The number of rotatable bonds is 3. The van der Waals surface area contributed by atoms with Gasteiger partial charge >= 0.3 is 0 Å². The van der Waals surface area contributed by atoms with E-state index in [0.717, 1.165) is 31.4 Å². The molecular weight excluding hydrogens is 198 g/mol. The maximum Gasteiger partial charge on any atom is 0.0812 e. The highest BCUT2D eigenvalue weighted by atomic mass is 16.3. The van der Waals surface area contributed by atoms with Crippen LogP contribution < -0.4 is 0 Å². The third-order valence-electron chi connectivity index (χ3n) is 3.44. The molecule has 0 fully saturated rings. The van der Waals surface area contributed by atoms with Gasteiger partial charge in [0.25, 0.3) is 0 Å². The highest BCUT2D eigenvalue weighted by molar-refractivity contribution is 5.29. The van der Waals surface area contributed by atoms with Crippen LogP contribution in [0.3, 0.4) is 0 Å². The SMILES string of the molecule is C=CCCn1ccc2c1CC(C)(C)CC2O. The Morgan fingerprint density at radius 2 is 2.38 bits per heavy atom. The molecule has 1 N–H and O–H groups in total. The molecule has 0 saturated carbocycles. The molecule has 2 nitrogen and oxygen atoms in total. The second-order valence-electron chi connectivity index (χ2n) is 5.55. The van der Waals surface area contributed by atoms with E-state index in [4.69, 9.17) is 0 Å². The second-order valence-corrected chi connectivity index (χ2v) is 5.55. The van der Waals surface area contributed by atoms with Gasteiger partial charge in [0.2, 0.25) is 0 Å². The number of aromatic nitrogens is 1. The number of hydrogen-bond acceptors (Lipinski definition) is 1. The number of fused-ring (bicyclic) bond motifs is 1. The van der Waals surface area contributed by atoms with Gasteiger partial charge in [0.1, 0.15) is 0 Å². The van der Waals surface area contributed by atoms with Crippen molar-refractivity contribution in [2.75, 3.05) is 0 Å². The summed E-state index contributed by atoms with van der Waals surface area (Å²) in [7, 11) is 0. The molecule has 1 aromatic rings. The first-order valence-electron chi connectivity index (χ1n) is 6.00. The predicted molar refractivity (Wildman–Crippen MR) is 66.3 cm³/mol. The van der Waals surface area contributed by atoms with Gasteiger partial charge in [0.05, 0.1) is 6.10 Å². The Bertz CT molecular complexity index is 389. The molecule has 1 aliphatic rings. The van der Waals surface area contributed by atoms with Crippen LogP contribution in [0.5, 0.6) is 0 Å². The molecular formula is C14H21NO. The fourth-order valence-corrected chi connectivity index (χ4v) is 2.63. The van der Waals surface area contributed by atoms with E-state index in [2.05, 4.69) is 37.3 Å². The summed E-state index contributed by atoms with van der Waals surface area (Å²) in [6, 6.07) is 2.07. The maximum absolute atomic E-state index is 10.1. The van der Waals surface area contributed by atoms with Crippen LogP contribution in [-0.4, -0.2) is 9.67 Å². The van der Waals surface area contributed by atoms with Crippen molar-refractivity contribution in [3.8, 4) is 0 Å². The molecule has 1 aromatic heterocycles. The molecule has 1 heterocycles. The van der Waals surface area contributed by atoms with Crippen LogP contribution in [0.25, 0.3) is 0 Å². The average molecular weight is 219 g/mol. The lowest BCUT2D eigenvalue weighted by Gasteiger charge is -2.33. The van der Waals surface area contributed by atoms with Crippen molar-refractivity contribution in [2.45, 2.75) is 45.8 Å². The first-order valence-corrected chi connectivity index (χ1v) is 6.00. The number of allylic oxidation sites excluding steroid dienone is 1. The van der Waals surface area contributed by atoms with Crippen molar-refractivity contribution < 1.29 is 5.11 Å². The highest BCUT2D eigenvalue weighted by Gasteiger charge is 2.32. The minimum Gasteiger partial charge on any atom is -0.388 e. The summed E-state index contributed by atoms with van der Waals surface area (Å²) in [5.74, 6) is 0. The lowest BCUT2D eigenvalue weighted by molar-refractivity contribution is 0.0980. The molecule has 1 atom stereocenters. The van der Waals surface area contributed by atoms with Crippen LogP contribution in [0.2, 0.25) is 0 Å². The van der Waals surface area contributed by atoms with E-state index in [-0.39, 0.29) is 11.5 Å². The summed E-state index contributed by atoms with van der Waals surface area (Å²) in [6.45, 7) is 9.18. The molecule has 0 radical (unpaired) electrons. The standard InChI is InChI=1S/C14H21NO/c1-4-5-7-15-8-6-11-12(15)9-14(2,3)10-13(11)16/h4,6,8,13,16H,1,5,7,9-10H2,2-3H3. The van der Waals surface area contributed by atoms with Crippen LogP contribution in [0.1, 0.15) is 44.1 Å². The number of aryl methyl sites for hydroxylation is 1. The summed E-state index contributed by atoms with van der Waals surface area (Å²) in [4.78, 5) is 0. The lowest BCUT2D eigenvalue weighted by Crippen LogP contribution is -2.26. The smallest absolute Gasteiger partial charge is 0.0812 e. The first-order chi connectivity index (χ1) is 7.53. The highest BCUT2D eigenvalue weighted by Crippen LogP contribution is 2.41. The third kappa shape index (κ3) is 2.07. The van der Waals surface area contributed by atoms with Crippen LogP contribution >= 0.6 is 0 Å². The zero-order valence-electron chi connectivity index (χ0n) is 10.2. The Morgan fingerprint density at radius 3 is 3.06 bits per heavy atom. The van der Waals surface area contributed by atoms with Gasteiger partial charge in [0, 0.05) is 24.0 Å². The Labute approximate surface area is 97.6 Å². The summed E-state index contributed by atoms with van der Waals surface area (Å²) in [5, 5.41) is 10.1. The minimum atomic E-state index is -0.288. The van der Waals surface area contributed by atoms with E-state index in [9.17, 15) is 5.11 Å². The minimum absolute atomic E-state index is 0.205. The Kier molecular flexibility index (Phi) is 2.94. The van der Waals surface area contributed by atoms with Gasteiger partial charge in [-0.05, 0) is 30.7 Å². The molecule has 1 unspecified atom stereocenters. The van der Waals surface area contributed by atoms with E-state index in [1.54, 1.807) is 0 Å². The summed E-state index contributed by atoms with van der Waals surface area (Å²) in [5.41, 5.74) is 2.64. The van der Waals surface area contributed by atoms with Crippen molar-refractivity contribution in [3.63, 3.8) is 0 Å². The first kappa shape index (κ1) is 11.5. The van der Waals surface area contributed by atoms with Crippen molar-refractivity contribution in [2.24, 2.45) is 5.41 Å². The fourth-order valence-electron chi connectivity index (χ4n) is 2.63. The largest absolute Gasteiger partial charge is 0.388 e. The average Bonchev–Trinajstić information content (AvgIpc) is 2.56. The molecule has 1 aliphatic carbocycles. The molecule has 16 heavy (non-hydrogen) atoms. The van der Waals surface area contributed by atoms with Crippen molar-refractivity contribution >= 4 is 0 Å². The Hall–Kier alpha value is -1.02. The van der Waals surface area contributed by atoms with Crippen LogP contribution in [-0.2, 0) is 13.0 Å². The number of hydrogen-bond donors (Lipinski definition) is 1. The van der Waals surface area contributed by atoms with E-state index in [1.165, 1.54) is 5.69 Å². The van der Waals surface area contributed by atoms with Gasteiger partial charge < -0.3 is 9.67 Å². The van der Waals surface area contributed by atoms with Gasteiger partial charge in [-0.3, -0.25) is 0 Å². The molecule has 88 valence electrons. The van der Waals surface area contributed by atoms with Crippen molar-refractivity contribution in [1.82, 2.24) is 4.57 Å². The van der Waals surface area contributed by atoms with Crippen LogP contribution in [0.15, 0.2) is 24.9 Å². The molecule has 0 saturated heterocycles. The van der Waals surface area contributed by atoms with Crippen LogP contribution in [0, 0.1) is 5.41 Å². The second kappa shape index (κ2) is 4.10. The molecule has 2 rings (SSSR count). The predicted octanol–water partition coefficient (Wildman–Crippen LogP) is 3.07. The normalized spacial score (nSPS) is 22.8. The van der Waals surface area contributed by atoms with E-state index in [0.29, 0.717) is 0 Å². The quantitative estimate of drug-likeness (QED) is 0.776. The Morgan fingerprint density at radius 1 is 1.62 bits per heavy atom. The molecule has 0 aromatic carbocycles. The molecule has 0 bridgehead atoms. The number of nitrogens with zero attached hydrogens (tertiary/aromatic N) is 1. The Balaban J connectivity index is 2.29. The third-order valence-corrected chi connectivity index (χ3v) is 3.44. The van der Waals surface area contributed by atoms with Gasteiger partial charge in [-0.2, -0.15) is 0 Å². The zero-order chi connectivity index (χ0) is 11.8. The van der Waals surface area contributed by atoms with E-state index < -0.39 is 0 Å². The van der Waals surface area contributed by atoms with Gasteiger partial charge in [-0.1, -0.05) is 19.9 Å². The van der Waals surface area contributed by atoms with Gasteiger partial charge in [-0.15, -0.1) is 6.58 Å². The summed E-state index contributed by atoms with van der Waals surface area (Å²) >= 11 is 0. The van der Waals surface area contributed by atoms with Gasteiger partial charge in [0.15, 0.2) is 0 Å². The van der Waals surface area contributed by atoms with Gasteiger partial charge in [-0.25, -0.2) is 0 Å².